The lowest BCUT2D eigenvalue weighted by atomic mass is 9.98. The van der Waals surface area contributed by atoms with Crippen molar-refractivity contribution in [3.05, 3.63) is 72.2 Å². The number of ether oxygens (including phenoxy) is 1. The van der Waals surface area contributed by atoms with Crippen molar-refractivity contribution in [3.63, 3.8) is 0 Å². The largest absolute Gasteiger partial charge is 0.497 e. The number of aromatic nitrogens is 3. The highest BCUT2D eigenvalue weighted by Gasteiger charge is 2.27. The molecular weight excluding hydrogens is 354 g/mol. The van der Waals surface area contributed by atoms with Gasteiger partial charge >= 0.3 is 6.03 Å². The Morgan fingerprint density at radius 3 is 2.79 bits per heavy atom. The lowest BCUT2D eigenvalue weighted by Gasteiger charge is -2.18. The van der Waals surface area contributed by atoms with Gasteiger partial charge in [-0.05, 0) is 36.2 Å². The maximum Gasteiger partial charge on any atom is 0.323 e. The van der Waals surface area contributed by atoms with Crippen LogP contribution >= 0.6 is 0 Å². The second-order valence-electron chi connectivity index (χ2n) is 6.83. The Hall–Kier alpha value is -3.35. The van der Waals surface area contributed by atoms with E-state index in [1.165, 1.54) is 5.56 Å². The van der Waals surface area contributed by atoms with Crippen LogP contribution in [-0.2, 0) is 6.54 Å². The predicted molar refractivity (Wildman–Crippen MR) is 107 cm³/mol. The summed E-state index contributed by atoms with van der Waals surface area (Å²) in [6, 6.07) is 15.5. The molecule has 1 aliphatic heterocycles. The molecule has 1 fully saturated rings. The van der Waals surface area contributed by atoms with Crippen LogP contribution < -0.4 is 10.1 Å². The third kappa shape index (κ3) is 3.98. The smallest absolute Gasteiger partial charge is 0.323 e. The fourth-order valence-corrected chi connectivity index (χ4v) is 3.49. The number of carbonyl (C=O) groups excluding carboxylic acids is 1. The van der Waals surface area contributed by atoms with Crippen molar-refractivity contribution in [1.82, 2.24) is 19.7 Å². The molecule has 0 radical (unpaired) electrons. The predicted octanol–water partition coefficient (Wildman–Crippen LogP) is 3.36. The van der Waals surface area contributed by atoms with Gasteiger partial charge in [-0.15, -0.1) is 0 Å². The summed E-state index contributed by atoms with van der Waals surface area (Å²) in [4.78, 5) is 18.9. The van der Waals surface area contributed by atoms with E-state index in [0.29, 0.717) is 24.8 Å². The number of hydrogen-bond donors (Lipinski definition) is 1. The average Bonchev–Trinajstić information content (AvgIpc) is 3.39. The van der Waals surface area contributed by atoms with Gasteiger partial charge in [0, 0.05) is 31.3 Å². The second kappa shape index (κ2) is 8.12. The first kappa shape index (κ1) is 18.0. The zero-order valence-electron chi connectivity index (χ0n) is 15.8. The third-order valence-electron chi connectivity index (χ3n) is 5.05. The maximum absolute atomic E-state index is 12.7. The molecule has 1 aliphatic rings. The van der Waals surface area contributed by atoms with Gasteiger partial charge in [-0.25, -0.2) is 9.48 Å². The number of urea groups is 1. The molecule has 7 heteroatoms. The molecule has 0 bridgehead atoms. The number of amides is 2. The first-order valence-corrected chi connectivity index (χ1v) is 9.34. The Balaban J connectivity index is 1.38. The minimum Gasteiger partial charge on any atom is -0.497 e. The molecule has 1 N–H and O–H groups in total. The van der Waals surface area contributed by atoms with Gasteiger partial charge in [0.05, 0.1) is 25.5 Å². The van der Waals surface area contributed by atoms with Gasteiger partial charge in [0.15, 0.2) is 0 Å². The van der Waals surface area contributed by atoms with Crippen LogP contribution in [0.1, 0.15) is 23.6 Å². The molecule has 0 aliphatic carbocycles. The van der Waals surface area contributed by atoms with E-state index in [4.69, 9.17) is 4.74 Å². The third-order valence-corrected chi connectivity index (χ3v) is 5.05. The van der Waals surface area contributed by atoms with Gasteiger partial charge in [-0.3, -0.25) is 10.3 Å². The molecule has 7 nitrogen and oxygen atoms in total. The van der Waals surface area contributed by atoms with Crippen LogP contribution in [0.5, 0.6) is 5.75 Å². The topological polar surface area (TPSA) is 72.3 Å². The summed E-state index contributed by atoms with van der Waals surface area (Å²) in [6.45, 7) is 1.95. The zero-order valence-corrected chi connectivity index (χ0v) is 15.8. The van der Waals surface area contributed by atoms with E-state index in [0.717, 1.165) is 24.4 Å². The number of rotatable bonds is 5. The van der Waals surface area contributed by atoms with Gasteiger partial charge in [-0.2, -0.15) is 5.10 Å². The number of carbonyl (C=O) groups is 1. The van der Waals surface area contributed by atoms with Gasteiger partial charge in [-0.1, -0.05) is 18.2 Å². The normalized spacial score (nSPS) is 16.2. The highest BCUT2D eigenvalue weighted by Crippen LogP contribution is 2.28. The monoisotopic (exact) mass is 377 g/mol. The van der Waals surface area contributed by atoms with E-state index in [9.17, 15) is 4.79 Å². The summed E-state index contributed by atoms with van der Waals surface area (Å²) in [7, 11) is 1.66. The summed E-state index contributed by atoms with van der Waals surface area (Å²) >= 11 is 0. The quantitative estimate of drug-likeness (QED) is 0.740. The number of nitrogens with zero attached hydrogens (tertiary/aromatic N) is 4. The van der Waals surface area contributed by atoms with E-state index in [-0.39, 0.29) is 6.03 Å². The fraction of sp³-hybridized carbons (Fsp3) is 0.286. The second-order valence-corrected chi connectivity index (χ2v) is 6.83. The van der Waals surface area contributed by atoms with Crippen LogP contribution in [0.25, 0.3) is 0 Å². The summed E-state index contributed by atoms with van der Waals surface area (Å²) in [5.74, 6) is 1.86. The van der Waals surface area contributed by atoms with Crippen LogP contribution in [0.15, 0.2) is 60.9 Å². The van der Waals surface area contributed by atoms with Crippen molar-refractivity contribution in [1.29, 1.82) is 0 Å². The van der Waals surface area contributed by atoms with Crippen LogP contribution in [0.4, 0.5) is 10.6 Å². The number of nitrogens with one attached hydrogen (secondary N) is 1. The summed E-state index contributed by atoms with van der Waals surface area (Å²) in [5.41, 5.74) is 2.12. The Morgan fingerprint density at radius 2 is 2.04 bits per heavy atom. The number of methoxy groups -OCH3 is 1. The molecule has 28 heavy (non-hydrogen) atoms. The number of benzene rings is 1. The van der Waals surface area contributed by atoms with Crippen molar-refractivity contribution >= 4 is 11.8 Å². The molecule has 2 amide bonds. The molecule has 3 heterocycles. The number of anilines is 1. The standard InChI is InChI=1S/C21H23N5O2/c1-28-19-7-5-16(6-8-19)17-10-13-25(14-17)21(27)24-20-9-12-23-26(20)15-18-4-2-3-11-22-18/h2-9,11-12,17H,10,13-15H2,1H3,(H,24,27). The summed E-state index contributed by atoms with van der Waals surface area (Å²) < 4.78 is 6.96. The molecule has 2 aromatic heterocycles. The minimum atomic E-state index is -0.0983. The zero-order chi connectivity index (χ0) is 19.3. The highest BCUT2D eigenvalue weighted by atomic mass is 16.5. The molecule has 0 spiro atoms. The van der Waals surface area contributed by atoms with Crippen LogP contribution in [-0.4, -0.2) is 45.9 Å². The van der Waals surface area contributed by atoms with Gasteiger partial charge in [0.25, 0.3) is 0 Å². The first-order chi connectivity index (χ1) is 13.7. The van der Waals surface area contributed by atoms with E-state index in [1.54, 1.807) is 30.3 Å². The highest BCUT2D eigenvalue weighted by molar-refractivity contribution is 5.88. The molecule has 1 saturated heterocycles. The van der Waals surface area contributed by atoms with Gasteiger partial charge < -0.3 is 9.64 Å². The van der Waals surface area contributed by atoms with E-state index in [1.807, 2.05) is 35.2 Å². The van der Waals surface area contributed by atoms with Crippen molar-refractivity contribution in [3.8, 4) is 5.75 Å². The van der Waals surface area contributed by atoms with Crippen molar-refractivity contribution in [2.45, 2.75) is 18.9 Å². The lowest BCUT2D eigenvalue weighted by molar-refractivity contribution is 0.221. The molecule has 1 aromatic carbocycles. The molecule has 144 valence electrons. The summed E-state index contributed by atoms with van der Waals surface area (Å²) in [6.07, 6.45) is 4.39. The molecular formula is C21H23N5O2. The minimum absolute atomic E-state index is 0.0983. The van der Waals surface area contributed by atoms with Gasteiger partial charge in [0.2, 0.25) is 0 Å². The Bertz CT molecular complexity index is 923. The van der Waals surface area contributed by atoms with Crippen molar-refractivity contribution in [2.75, 3.05) is 25.5 Å². The van der Waals surface area contributed by atoms with Crippen LogP contribution in [0.2, 0.25) is 0 Å². The Labute approximate surface area is 164 Å². The molecule has 1 atom stereocenters. The van der Waals surface area contributed by atoms with E-state index >= 15 is 0 Å². The van der Waals surface area contributed by atoms with Gasteiger partial charge in [0.1, 0.15) is 11.6 Å². The van der Waals surface area contributed by atoms with E-state index in [2.05, 4.69) is 27.5 Å². The Morgan fingerprint density at radius 1 is 1.18 bits per heavy atom. The van der Waals surface area contributed by atoms with Crippen molar-refractivity contribution < 1.29 is 9.53 Å². The molecule has 0 saturated carbocycles. The number of pyridine rings is 1. The average molecular weight is 377 g/mol. The molecule has 3 aromatic rings. The van der Waals surface area contributed by atoms with Crippen LogP contribution in [0.3, 0.4) is 0 Å². The van der Waals surface area contributed by atoms with Crippen molar-refractivity contribution in [2.24, 2.45) is 0 Å². The first-order valence-electron chi connectivity index (χ1n) is 9.34. The van der Waals surface area contributed by atoms with E-state index < -0.39 is 0 Å². The number of likely N-dealkylation sites (tertiary alicyclic amines) is 1. The summed E-state index contributed by atoms with van der Waals surface area (Å²) in [5, 5.41) is 7.28. The maximum atomic E-state index is 12.7. The Kier molecular flexibility index (Phi) is 5.23. The number of hydrogen-bond acceptors (Lipinski definition) is 4. The SMILES string of the molecule is COc1ccc(C2CCN(C(=O)Nc3ccnn3Cc3ccccn3)C2)cc1. The fourth-order valence-electron chi connectivity index (χ4n) is 3.49. The lowest BCUT2D eigenvalue weighted by Crippen LogP contribution is -2.33. The van der Waals surface area contributed by atoms with Crippen LogP contribution in [0, 0.1) is 0 Å². The molecule has 1 unspecified atom stereocenters. The molecule has 4 rings (SSSR count).